The molecule has 77 heavy (non-hydrogen) atoms. The molecule has 0 saturated carbocycles. The minimum absolute atomic E-state index is 0.0244. The number of amides is 4. The van der Waals surface area contributed by atoms with Crippen LogP contribution in [0.3, 0.4) is 0 Å². The summed E-state index contributed by atoms with van der Waals surface area (Å²) in [5.74, 6) is -0.296. The van der Waals surface area contributed by atoms with E-state index in [0.717, 1.165) is 87.9 Å². The third-order valence-corrected chi connectivity index (χ3v) is 16.0. The van der Waals surface area contributed by atoms with Crippen LogP contribution in [0.1, 0.15) is 86.3 Å². The topological polar surface area (TPSA) is 121 Å². The summed E-state index contributed by atoms with van der Waals surface area (Å²) < 4.78 is 0. The van der Waals surface area contributed by atoms with Crippen molar-refractivity contribution < 1.29 is 19.2 Å². The molecule has 0 aliphatic carbocycles. The van der Waals surface area contributed by atoms with Gasteiger partial charge in [-0.3, -0.25) is 33.9 Å². The SMILES string of the molecule is O=C(Nc1ccc(C(=O)N2CC3CN(Cc4ccccc4)CCN3Cc3ccccc32)cc1)c1ccccc1-c1ccccc1.O=C1Nc2ccccc2C(=O)N2CCCCC12.c1ccc2c(c1)CN1CCCCC1CN2. The van der Waals surface area contributed by atoms with Crippen molar-refractivity contribution in [1.29, 1.82) is 0 Å². The van der Waals surface area contributed by atoms with Crippen molar-refractivity contribution in [1.82, 2.24) is 19.6 Å². The molecule has 13 rings (SSSR count). The van der Waals surface area contributed by atoms with Crippen molar-refractivity contribution in [3.63, 3.8) is 0 Å². The number of carbonyl (C=O) groups is 4. The molecule has 3 unspecified atom stereocenters. The lowest BCUT2D eigenvalue weighted by Gasteiger charge is -2.41. The lowest BCUT2D eigenvalue weighted by molar-refractivity contribution is -0.121. The third-order valence-electron chi connectivity index (χ3n) is 16.0. The fraction of sp³-hybridized carbons (Fsp3) is 0.292. The predicted molar refractivity (Wildman–Crippen MR) is 307 cm³/mol. The van der Waals surface area contributed by atoms with Gasteiger partial charge in [0.15, 0.2) is 0 Å². The molecule has 7 aromatic carbocycles. The molecule has 3 saturated heterocycles. The molecule has 0 bridgehead atoms. The summed E-state index contributed by atoms with van der Waals surface area (Å²) in [4.78, 5) is 63.2. The second-order valence-corrected chi connectivity index (χ2v) is 21.0. The number of piperidine rings is 2. The first kappa shape index (κ1) is 51.2. The number of anilines is 4. The zero-order valence-corrected chi connectivity index (χ0v) is 43.7. The van der Waals surface area contributed by atoms with Crippen molar-refractivity contribution in [2.75, 3.05) is 66.7 Å². The summed E-state index contributed by atoms with van der Waals surface area (Å²) in [7, 11) is 0. The summed E-state index contributed by atoms with van der Waals surface area (Å²) in [6.07, 6.45) is 6.90. The van der Waals surface area contributed by atoms with E-state index in [2.05, 4.69) is 103 Å². The number of para-hydroxylation sites is 3. The highest BCUT2D eigenvalue weighted by atomic mass is 16.2. The molecule has 3 fully saturated rings. The van der Waals surface area contributed by atoms with Crippen molar-refractivity contribution in [3.05, 3.63) is 215 Å². The maximum absolute atomic E-state index is 14.1. The molecule has 7 aromatic rings. The third kappa shape index (κ3) is 11.9. The van der Waals surface area contributed by atoms with Gasteiger partial charge in [-0.05, 0) is 121 Å². The van der Waals surface area contributed by atoms with Gasteiger partial charge in [-0.1, -0.05) is 134 Å². The summed E-state index contributed by atoms with van der Waals surface area (Å²) in [6.45, 7) is 9.46. The highest BCUT2D eigenvalue weighted by molar-refractivity contribution is 6.11. The molecule has 0 aromatic heterocycles. The lowest BCUT2D eigenvalue weighted by Crippen LogP contribution is -2.55. The van der Waals surface area contributed by atoms with E-state index in [1.807, 2.05) is 102 Å². The van der Waals surface area contributed by atoms with Crippen LogP contribution < -0.4 is 20.9 Å². The van der Waals surface area contributed by atoms with Gasteiger partial charge in [-0.15, -0.1) is 0 Å². The van der Waals surface area contributed by atoms with Gasteiger partial charge in [-0.2, -0.15) is 0 Å². The first-order chi connectivity index (χ1) is 37.8. The molecule has 6 heterocycles. The Morgan fingerprint density at radius 2 is 1.21 bits per heavy atom. The van der Waals surface area contributed by atoms with E-state index in [-0.39, 0.29) is 35.7 Å². The van der Waals surface area contributed by atoms with Crippen molar-refractivity contribution in [3.8, 4) is 11.1 Å². The van der Waals surface area contributed by atoms with Gasteiger partial charge in [0, 0.05) is 99.2 Å². The molecule has 0 spiro atoms. The van der Waals surface area contributed by atoms with E-state index in [1.165, 1.54) is 48.2 Å². The van der Waals surface area contributed by atoms with E-state index < -0.39 is 0 Å². The first-order valence-electron chi connectivity index (χ1n) is 27.6. The zero-order valence-electron chi connectivity index (χ0n) is 43.7. The van der Waals surface area contributed by atoms with E-state index in [4.69, 9.17) is 0 Å². The molecule has 12 heteroatoms. The molecular weight excluding hydrogens is 957 g/mol. The van der Waals surface area contributed by atoms with Gasteiger partial charge in [0.05, 0.1) is 11.3 Å². The second-order valence-electron chi connectivity index (χ2n) is 21.0. The summed E-state index contributed by atoms with van der Waals surface area (Å²) in [5.41, 5.74) is 11.2. The van der Waals surface area contributed by atoms with Gasteiger partial charge in [0.1, 0.15) is 6.04 Å². The van der Waals surface area contributed by atoms with Crippen LogP contribution in [-0.2, 0) is 24.4 Å². The molecule has 6 aliphatic heterocycles. The Hall–Kier alpha value is -7.90. The van der Waals surface area contributed by atoms with Gasteiger partial charge in [-0.25, -0.2) is 0 Å². The molecule has 4 amide bonds. The van der Waals surface area contributed by atoms with Gasteiger partial charge >= 0.3 is 0 Å². The van der Waals surface area contributed by atoms with Gasteiger partial charge in [0.25, 0.3) is 17.7 Å². The number of nitrogens with zero attached hydrogens (tertiary/aromatic N) is 5. The maximum Gasteiger partial charge on any atom is 0.258 e. The van der Waals surface area contributed by atoms with Crippen LogP contribution in [0.2, 0.25) is 0 Å². The summed E-state index contributed by atoms with van der Waals surface area (Å²) >= 11 is 0. The van der Waals surface area contributed by atoms with Crippen molar-refractivity contribution in [2.24, 2.45) is 0 Å². The van der Waals surface area contributed by atoms with Crippen LogP contribution >= 0.6 is 0 Å². The van der Waals surface area contributed by atoms with Crippen LogP contribution in [-0.4, -0.2) is 107 Å². The summed E-state index contributed by atoms with van der Waals surface area (Å²) in [6, 6.07) is 60.2. The van der Waals surface area contributed by atoms with Crippen LogP contribution in [0, 0.1) is 0 Å². The van der Waals surface area contributed by atoms with E-state index in [1.54, 1.807) is 17.0 Å². The second kappa shape index (κ2) is 24.0. The zero-order chi connectivity index (χ0) is 52.5. The standard InChI is InChI=1S/C39H36N4O2.C13H14N2O2.C13H18N2/c44-38(36-17-9-8-16-35(36)30-13-5-2-6-14-30)40-33-21-19-31(20-22-33)39(45)43-28-34-27-41(25-29-11-3-1-4-12-29)23-24-42(34)26-32-15-7-10-18-37(32)43;16-12-11-7-3-4-8-15(11)13(17)9-5-1-2-6-10(9)14-12;1-2-7-13-11(5-1)10-15-8-4-3-6-12(15)9-14-13/h1-22,34H,23-28H2,(H,40,44);1-2,5-6,11H,3-4,7-8H2,(H,14,16);1-2,5,7,12,14H,3-4,6,8-10H2. The fourth-order valence-electron chi connectivity index (χ4n) is 11.9. The number of hydrogen-bond acceptors (Lipinski definition) is 8. The number of hydrogen-bond donors (Lipinski definition) is 3. The first-order valence-corrected chi connectivity index (χ1v) is 27.6. The lowest BCUT2D eigenvalue weighted by atomic mass is 9.99. The van der Waals surface area contributed by atoms with Crippen LogP contribution in [0.25, 0.3) is 11.1 Å². The van der Waals surface area contributed by atoms with E-state index in [0.29, 0.717) is 41.2 Å². The quantitative estimate of drug-likeness (QED) is 0.151. The molecule has 3 atom stereocenters. The number of rotatable bonds is 6. The molecule has 6 aliphatic rings. The average molecular weight is 1030 g/mol. The maximum atomic E-state index is 14.1. The van der Waals surface area contributed by atoms with Crippen LogP contribution in [0.4, 0.5) is 22.7 Å². The average Bonchev–Trinajstić information content (AvgIpc) is 3.84. The number of carbonyl (C=O) groups excluding carboxylic acids is 4. The number of benzene rings is 7. The van der Waals surface area contributed by atoms with E-state index in [9.17, 15) is 19.2 Å². The number of fused-ring (bicyclic) bond motifs is 6. The monoisotopic (exact) mass is 1020 g/mol. The highest BCUT2D eigenvalue weighted by Gasteiger charge is 2.37. The van der Waals surface area contributed by atoms with Crippen molar-refractivity contribution in [2.45, 2.75) is 76.3 Å². The Bertz CT molecular complexity index is 3190. The Balaban J connectivity index is 0.000000158. The Labute approximate surface area is 452 Å². The Kier molecular flexibility index (Phi) is 15.9. The normalized spacial score (nSPS) is 20.0. The summed E-state index contributed by atoms with van der Waals surface area (Å²) in [5, 5.41) is 9.46. The Morgan fingerprint density at radius 3 is 2.03 bits per heavy atom. The molecule has 3 N–H and O–H groups in total. The fourth-order valence-corrected chi connectivity index (χ4v) is 11.9. The van der Waals surface area contributed by atoms with E-state index >= 15 is 0 Å². The number of nitrogens with one attached hydrogen (secondary N) is 3. The van der Waals surface area contributed by atoms with Gasteiger partial charge in [0.2, 0.25) is 5.91 Å². The minimum Gasteiger partial charge on any atom is -0.383 e. The Morgan fingerprint density at radius 1 is 0.558 bits per heavy atom. The predicted octanol–water partition coefficient (Wildman–Crippen LogP) is 11.1. The van der Waals surface area contributed by atoms with Crippen molar-refractivity contribution >= 4 is 46.4 Å². The largest absolute Gasteiger partial charge is 0.383 e. The molecule has 392 valence electrons. The number of piperazine rings is 1. The molecule has 0 radical (unpaired) electrons. The van der Waals surface area contributed by atoms with Crippen LogP contribution in [0.15, 0.2) is 182 Å². The van der Waals surface area contributed by atoms with Crippen LogP contribution in [0.5, 0.6) is 0 Å². The highest BCUT2D eigenvalue weighted by Crippen LogP contribution is 2.33. The van der Waals surface area contributed by atoms with Gasteiger partial charge < -0.3 is 25.8 Å². The smallest absolute Gasteiger partial charge is 0.258 e. The molecular formula is C65H68N8O4. The molecule has 12 nitrogen and oxygen atoms in total. The minimum atomic E-state index is -0.288.